The molecule has 0 aliphatic heterocycles. The first-order valence-electron chi connectivity index (χ1n) is 6.20. The van der Waals surface area contributed by atoms with E-state index in [1.165, 1.54) is 12.1 Å². The van der Waals surface area contributed by atoms with Gasteiger partial charge in [-0.1, -0.05) is 0 Å². The van der Waals surface area contributed by atoms with Crippen molar-refractivity contribution in [2.75, 3.05) is 5.73 Å². The molecule has 0 saturated heterocycles. The largest absolute Gasteiger partial charge is 0.573 e. The fraction of sp³-hybridized carbons (Fsp3) is 0.0714. The molecule has 25 heavy (non-hydrogen) atoms. The van der Waals surface area contributed by atoms with Crippen molar-refractivity contribution in [3.8, 4) is 29.0 Å². The highest BCUT2D eigenvalue weighted by Crippen LogP contribution is 2.41. The Kier molecular flexibility index (Phi) is 4.35. The van der Waals surface area contributed by atoms with E-state index in [0.29, 0.717) is 12.1 Å². The third-order valence-corrected chi connectivity index (χ3v) is 2.99. The Hall–Kier alpha value is -3.60. The minimum atomic E-state index is -5.41. The average Bonchev–Trinajstić information content (AvgIpc) is 2.49. The summed E-state index contributed by atoms with van der Waals surface area (Å²) in [5, 5.41) is 18.2. The summed E-state index contributed by atoms with van der Waals surface area (Å²) in [7, 11) is 0. The lowest BCUT2D eigenvalue weighted by Gasteiger charge is -2.16. The van der Waals surface area contributed by atoms with Gasteiger partial charge in [0, 0.05) is 5.56 Å². The number of halogens is 5. The first-order chi connectivity index (χ1) is 11.6. The van der Waals surface area contributed by atoms with Crippen LogP contribution >= 0.6 is 0 Å². The van der Waals surface area contributed by atoms with Crippen LogP contribution in [-0.4, -0.2) is 11.3 Å². The van der Waals surface area contributed by atoms with Crippen molar-refractivity contribution in [2.45, 2.75) is 6.36 Å². The van der Waals surface area contributed by atoms with Crippen molar-refractivity contribution < 1.29 is 26.7 Å². The SMILES string of the molecule is N#Cc1c(N)[nH]c(=O)c(C#N)c1-c1c(F)ccc(F)c1OC(F)(F)F. The van der Waals surface area contributed by atoms with Gasteiger partial charge in [-0.25, -0.2) is 8.78 Å². The van der Waals surface area contributed by atoms with Crippen molar-refractivity contribution in [3.63, 3.8) is 0 Å². The molecule has 1 heterocycles. The number of nitrogens with one attached hydrogen (secondary N) is 1. The molecule has 0 bridgehead atoms. The second-order valence-electron chi connectivity index (χ2n) is 4.50. The Bertz CT molecular complexity index is 999. The van der Waals surface area contributed by atoms with Crippen molar-refractivity contribution >= 4 is 5.82 Å². The van der Waals surface area contributed by atoms with Crippen LogP contribution in [0.4, 0.5) is 27.8 Å². The van der Waals surface area contributed by atoms with Crippen molar-refractivity contribution in [1.82, 2.24) is 4.98 Å². The number of pyridine rings is 1. The first-order valence-corrected chi connectivity index (χ1v) is 6.20. The highest BCUT2D eigenvalue weighted by Gasteiger charge is 2.36. The van der Waals surface area contributed by atoms with E-state index >= 15 is 0 Å². The molecular weight excluding hydrogens is 351 g/mol. The predicted octanol–water partition coefficient (Wildman–Crippen LogP) is 2.54. The molecule has 0 saturated carbocycles. The predicted molar refractivity (Wildman–Crippen MR) is 72.9 cm³/mol. The van der Waals surface area contributed by atoms with Gasteiger partial charge in [-0.2, -0.15) is 10.5 Å². The van der Waals surface area contributed by atoms with Gasteiger partial charge in [-0.3, -0.25) is 4.79 Å². The number of hydrogen-bond donors (Lipinski definition) is 2. The van der Waals surface area contributed by atoms with Crippen LogP contribution in [-0.2, 0) is 0 Å². The summed E-state index contributed by atoms with van der Waals surface area (Å²) in [5.74, 6) is -5.35. The maximum Gasteiger partial charge on any atom is 0.573 e. The van der Waals surface area contributed by atoms with E-state index < -0.39 is 57.4 Å². The number of anilines is 1. The Morgan fingerprint density at radius 2 is 1.60 bits per heavy atom. The molecule has 0 unspecified atom stereocenters. The Labute approximate surface area is 135 Å². The fourth-order valence-electron chi connectivity index (χ4n) is 2.07. The molecule has 1 aromatic heterocycles. The number of nitriles is 2. The van der Waals surface area contributed by atoms with Crippen LogP contribution in [0.2, 0.25) is 0 Å². The zero-order valence-corrected chi connectivity index (χ0v) is 11.8. The molecule has 128 valence electrons. The number of aromatic nitrogens is 1. The van der Waals surface area contributed by atoms with Gasteiger partial charge in [0.1, 0.15) is 34.9 Å². The molecule has 11 heteroatoms. The second kappa shape index (κ2) is 6.13. The molecule has 0 radical (unpaired) electrons. The molecule has 0 atom stereocenters. The fourth-order valence-corrected chi connectivity index (χ4v) is 2.07. The maximum absolute atomic E-state index is 14.2. The number of ether oxygens (including phenoxy) is 1. The number of aromatic amines is 1. The molecule has 2 aromatic rings. The number of nitrogens with two attached hydrogens (primary N) is 1. The summed E-state index contributed by atoms with van der Waals surface area (Å²) in [6.45, 7) is 0. The lowest BCUT2D eigenvalue weighted by molar-refractivity contribution is -0.275. The van der Waals surface area contributed by atoms with E-state index in [9.17, 15) is 26.7 Å². The Morgan fingerprint density at radius 3 is 2.12 bits per heavy atom. The summed E-state index contributed by atoms with van der Waals surface area (Å²) in [6.07, 6.45) is -5.41. The maximum atomic E-state index is 14.2. The van der Waals surface area contributed by atoms with Crippen LogP contribution in [0, 0.1) is 34.3 Å². The van der Waals surface area contributed by atoms with Crippen molar-refractivity contribution in [3.05, 3.63) is 45.2 Å². The molecular formula is C14H5F5N4O2. The van der Waals surface area contributed by atoms with E-state index in [2.05, 4.69) is 4.74 Å². The van der Waals surface area contributed by atoms with Gasteiger partial charge in [-0.15, -0.1) is 13.2 Å². The smallest absolute Gasteiger partial charge is 0.402 e. The van der Waals surface area contributed by atoms with E-state index in [0.717, 1.165) is 0 Å². The van der Waals surface area contributed by atoms with Gasteiger partial charge in [-0.05, 0) is 12.1 Å². The summed E-state index contributed by atoms with van der Waals surface area (Å²) in [4.78, 5) is 13.7. The number of nitrogens with zero attached hydrogens (tertiary/aromatic N) is 2. The summed E-state index contributed by atoms with van der Waals surface area (Å²) in [6, 6.07) is 3.56. The lowest BCUT2D eigenvalue weighted by atomic mass is 9.95. The zero-order chi connectivity index (χ0) is 18.9. The molecule has 0 aliphatic rings. The molecule has 2 rings (SSSR count). The average molecular weight is 356 g/mol. The van der Waals surface area contributed by atoms with Crippen LogP contribution in [0.5, 0.6) is 5.75 Å². The van der Waals surface area contributed by atoms with E-state index in [4.69, 9.17) is 16.3 Å². The molecule has 0 aliphatic carbocycles. The number of rotatable bonds is 2. The minimum Gasteiger partial charge on any atom is -0.402 e. The highest BCUT2D eigenvalue weighted by molar-refractivity contribution is 5.84. The molecule has 6 nitrogen and oxygen atoms in total. The standard InChI is InChI=1S/C14H5F5N4O2/c15-7-1-2-8(16)11(25-14(17,18)19)10(7)9-5(3-20)12(22)23-13(24)6(9)4-21/h1-2H,(H3,22,23,24). The van der Waals surface area contributed by atoms with E-state index in [-0.39, 0.29) is 0 Å². The van der Waals surface area contributed by atoms with E-state index in [1.54, 1.807) is 0 Å². The second-order valence-corrected chi connectivity index (χ2v) is 4.50. The topological polar surface area (TPSA) is 116 Å². The van der Waals surface area contributed by atoms with Crippen molar-refractivity contribution in [2.24, 2.45) is 0 Å². The monoisotopic (exact) mass is 356 g/mol. The number of alkyl halides is 3. The molecule has 0 fully saturated rings. The molecule has 0 spiro atoms. The number of benzene rings is 1. The Morgan fingerprint density at radius 1 is 1.04 bits per heavy atom. The molecule has 3 N–H and O–H groups in total. The van der Waals surface area contributed by atoms with Crippen molar-refractivity contribution in [1.29, 1.82) is 10.5 Å². The number of H-pyrrole nitrogens is 1. The summed E-state index contributed by atoms with van der Waals surface area (Å²) in [5.41, 5.74) is 0.431. The van der Waals surface area contributed by atoms with Crippen LogP contribution in [0.3, 0.4) is 0 Å². The van der Waals surface area contributed by atoms with Crippen LogP contribution in [0.1, 0.15) is 11.1 Å². The van der Waals surface area contributed by atoms with Gasteiger partial charge in [0.15, 0.2) is 11.6 Å². The van der Waals surface area contributed by atoms with Gasteiger partial charge >= 0.3 is 6.36 Å². The third-order valence-electron chi connectivity index (χ3n) is 2.99. The molecule has 0 amide bonds. The third kappa shape index (κ3) is 3.21. The van der Waals surface area contributed by atoms with Gasteiger partial charge in [0.2, 0.25) is 0 Å². The summed E-state index contributed by atoms with van der Waals surface area (Å²) < 4.78 is 69.2. The quantitative estimate of drug-likeness (QED) is 0.802. The molecule has 1 aromatic carbocycles. The highest BCUT2D eigenvalue weighted by atomic mass is 19.4. The lowest BCUT2D eigenvalue weighted by Crippen LogP contribution is -2.20. The first kappa shape index (κ1) is 17.7. The van der Waals surface area contributed by atoms with Gasteiger partial charge in [0.25, 0.3) is 5.56 Å². The van der Waals surface area contributed by atoms with Crippen LogP contribution in [0.25, 0.3) is 11.1 Å². The summed E-state index contributed by atoms with van der Waals surface area (Å²) >= 11 is 0. The normalized spacial score (nSPS) is 10.8. The minimum absolute atomic E-state index is 0.356. The van der Waals surface area contributed by atoms with Gasteiger partial charge in [0.05, 0.1) is 5.56 Å². The Balaban J connectivity index is 3.03. The van der Waals surface area contributed by atoms with Crippen LogP contribution < -0.4 is 16.0 Å². The van der Waals surface area contributed by atoms with Gasteiger partial charge < -0.3 is 15.5 Å². The zero-order valence-electron chi connectivity index (χ0n) is 11.8. The van der Waals surface area contributed by atoms with E-state index in [1.807, 2.05) is 4.98 Å². The van der Waals surface area contributed by atoms with Crippen LogP contribution in [0.15, 0.2) is 16.9 Å². The number of hydrogen-bond acceptors (Lipinski definition) is 5. The number of nitrogen functional groups attached to an aromatic ring is 1.